The van der Waals surface area contributed by atoms with E-state index in [-0.39, 0.29) is 0 Å². The number of benzene rings is 1. The number of esters is 1. The molecule has 4 nitrogen and oxygen atoms in total. The van der Waals surface area contributed by atoms with Gasteiger partial charge in [-0.25, -0.2) is 4.79 Å². The molecule has 90 valence electrons. The second-order valence-corrected chi connectivity index (χ2v) is 3.35. The van der Waals surface area contributed by atoms with Crippen LogP contribution in [0.3, 0.4) is 0 Å². The van der Waals surface area contributed by atoms with Gasteiger partial charge < -0.3 is 9.47 Å². The molecule has 0 N–H and O–H groups in total. The van der Waals surface area contributed by atoms with Gasteiger partial charge in [0, 0.05) is 0 Å². The lowest BCUT2D eigenvalue weighted by Crippen LogP contribution is -2.11. The van der Waals surface area contributed by atoms with E-state index in [2.05, 4.69) is 6.07 Å². The van der Waals surface area contributed by atoms with E-state index in [9.17, 15) is 4.79 Å². The zero-order chi connectivity index (χ0) is 12.8. The number of hydrogen-bond donors (Lipinski definition) is 0. The monoisotopic (exact) mass is 233 g/mol. The summed E-state index contributed by atoms with van der Waals surface area (Å²) in [6.07, 6.45) is 0.578. The lowest BCUT2D eigenvalue weighted by molar-refractivity contribution is 0.0521. The Morgan fingerprint density at radius 3 is 2.59 bits per heavy atom. The molecule has 0 aliphatic rings. The molecule has 0 bridgehead atoms. The maximum absolute atomic E-state index is 11.9. The first-order valence-electron chi connectivity index (χ1n) is 5.46. The number of hydrogen-bond acceptors (Lipinski definition) is 4. The molecule has 0 spiro atoms. The van der Waals surface area contributed by atoms with Gasteiger partial charge in [0.25, 0.3) is 0 Å². The molecule has 0 atom stereocenters. The third-order valence-electron chi connectivity index (χ3n) is 2.45. The molecule has 0 amide bonds. The van der Waals surface area contributed by atoms with E-state index in [1.807, 2.05) is 6.92 Å². The van der Waals surface area contributed by atoms with Crippen LogP contribution < -0.4 is 4.74 Å². The summed E-state index contributed by atoms with van der Waals surface area (Å²) in [6, 6.07) is 5.34. The highest BCUT2D eigenvalue weighted by atomic mass is 16.5. The molecular weight excluding hydrogens is 218 g/mol. The SMILES string of the molecule is CCOC(=O)c1c(OC)ccc(C#N)c1CC. The lowest BCUT2D eigenvalue weighted by atomic mass is 9.98. The Morgan fingerprint density at radius 1 is 1.41 bits per heavy atom. The van der Waals surface area contributed by atoms with Crippen LogP contribution in [0.15, 0.2) is 12.1 Å². The summed E-state index contributed by atoms with van der Waals surface area (Å²) in [7, 11) is 1.49. The Bertz CT molecular complexity index is 460. The highest BCUT2D eigenvalue weighted by Crippen LogP contribution is 2.26. The molecule has 0 saturated heterocycles. The highest BCUT2D eigenvalue weighted by Gasteiger charge is 2.20. The number of carbonyl (C=O) groups excluding carboxylic acids is 1. The van der Waals surface area contributed by atoms with Crippen molar-refractivity contribution >= 4 is 5.97 Å². The number of ether oxygens (including phenoxy) is 2. The first-order chi connectivity index (χ1) is 8.19. The standard InChI is InChI=1S/C13H15NO3/c1-4-10-9(8-14)6-7-11(16-3)12(10)13(15)17-5-2/h6-7H,4-5H2,1-3H3. The van der Waals surface area contributed by atoms with Crippen molar-refractivity contribution in [2.75, 3.05) is 13.7 Å². The molecule has 0 aliphatic carbocycles. The lowest BCUT2D eigenvalue weighted by Gasteiger charge is -2.13. The van der Waals surface area contributed by atoms with Crippen LogP contribution in [0.1, 0.15) is 35.3 Å². The normalized spacial score (nSPS) is 9.53. The van der Waals surface area contributed by atoms with Crippen molar-refractivity contribution in [3.63, 3.8) is 0 Å². The zero-order valence-corrected chi connectivity index (χ0v) is 10.2. The third kappa shape index (κ3) is 2.56. The average Bonchev–Trinajstić information content (AvgIpc) is 2.36. The molecule has 1 aromatic carbocycles. The predicted octanol–water partition coefficient (Wildman–Crippen LogP) is 2.31. The fourth-order valence-electron chi connectivity index (χ4n) is 1.70. The van der Waals surface area contributed by atoms with E-state index in [4.69, 9.17) is 14.7 Å². The van der Waals surface area contributed by atoms with Crippen LogP contribution in [0, 0.1) is 11.3 Å². The summed E-state index contributed by atoms with van der Waals surface area (Å²) in [5.41, 5.74) is 1.51. The summed E-state index contributed by atoms with van der Waals surface area (Å²) < 4.78 is 10.1. The van der Waals surface area contributed by atoms with Crippen LogP contribution in [-0.2, 0) is 11.2 Å². The van der Waals surface area contributed by atoms with E-state index in [1.54, 1.807) is 19.1 Å². The minimum Gasteiger partial charge on any atom is -0.496 e. The molecule has 0 unspecified atom stereocenters. The Hall–Kier alpha value is -2.02. The average molecular weight is 233 g/mol. The van der Waals surface area contributed by atoms with Gasteiger partial charge in [-0.15, -0.1) is 0 Å². The van der Waals surface area contributed by atoms with E-state index >= 15 is 0 Å². The first-order valence-corrected chi connectivity index (χ1v) is 5.46. The summed E-state index contributed by atoms with van der Waals surface area (Å²) in [5, 5.41) is 9.01. The zero-order valence-electron chi connectivity index (χ0n) is 10.2. The summed E-state index contributed by atoms with van der Waals surface area (Å²) in [6.45, 7) is 3.92. The quantitative estimate of drug-likeness (QED) is 0.749. The fourth-order valence-corrected chi connectivity index (χ4v) is 1.70. The largest absolute Gasteiger partial charge is 0.496 e. The van der Waals surface area contributed by atoms with Crippen molar-refractivity contribution in [3.05, 3.63) is 28.8 Å². The van der Waals surface area contributed by atoms with Crippen molar-refractivity contribution in [2.45, 2.75) is 20.3 Å². The molecule has 1 aromatic rings. The summed E-state index contributed by atoms with van der Waals surface area (Å²) in [4.78, 5) is 11.9. The van der Waals surface area contributed by atoms with Crippen molar-refractivity contribution < 1.29 is 14.3 Å². The van der Waals surface area contributed by atoms with E-state index in [1.165, 1.54) is 7.11 Å². The molecule has 4 heteroatoms. The number of rotatable bonds is 4. The maximum atomic E-state index is 11.9. The molecular formula is C13H15NO3. The van der Waals surface area contributed by atoms with Gasteiger partial charge in [-0.05, 0) is 31.0 Å². The number of nitriles is 1. The number of carbonyl (C=O) groups is 1. The predicted molar refractivity (Wildman–Crippen MR) is 63.0 cm³/mol. The van der Waals surface area contributed by atoms with Gasteiger partial charge in [-0.2, -0.15) is 5.26 Å². The van der Waals surface area contributed by atoms with Crippen molar-refractivity contribution in [2.24, 2.45) is 0 Å². The van der Waals surface area contributed by atoms with Gasteiger partial charge >= 0.3 is 5.97 Å². The molecule has 17 heavy (non-hydrogen) atoms. The van der Waals surface area contributed by atoms with Gasteiger partial charge in [0.2, 0.25) is 0 Å². The molecule has 1 rings (SSSR count). The molecule has 0 aliphatic heterocycles. The summed E-state index contributed by atoms with van der Waals surface area (Å²) >= 11 is 0. The Balaban J connectivity index is 3.41. The van der Waals surface area contributed by atoms with Gasteiger partial charge in [-0.3, -0.25) is 0 Å². The molecule has 0 aromatic heterocycles. The molecule has 0 radical (unpaired) electrons. The Labute approximate surface area is 101 Å². The smallest absolute Gasteiger partial charge is 0.342 e. The van der Waals surface area contributed by atoms with Gasteiger partial charge in [-0.1, -0.05) is 6.92 Å². The second kappa shape index (κ2) is 5.90. The Morgan fingerprint density at radius 2 is 2.12 bits per heavy atom. The first kappa shape index (κ1) is 13.0. The highest BCUT2D eigenvalue weighted by molar-refractivity contribution is 5.95. The van der Waals surface area contributed by atoms with Crippen LogP contribution in [0.2, 0.25) is 0 Å². The van der Waals surface area contributed by atoms with E-state index < -0.39 is 5.97 Å². The van der Waals surface area contributed by atoms with Crippen molar-refractivity contribution in [3.8, 4) is 11.8 Å². The van der Waals surface area contributed by atoms with Crippen LogP contribution >= 0.6 is 0 Å². The Kier molecular flexibility index (Phi) is 4.53. The van der Waals surface area contributed by atoms with Crippen LogP contribution in [-0.4, -0.2) is 19.7 Å². The van der Waals surface area contributed by atoms with Crippen LogP contribution in [0.25, 0.3) is 0 Å². The summed E-state index contributed by atoms with van der Waals surface area (Å²) in [5.74, 6) is -0.00222. The van der Waals surface area contributed by atoms with Gasteiger partial charge in [0.1, 0.15) is 11.3 Å². The van der Waals surface area contributed by atoms with E-state index in [0.717, 1.165) is 0 Å². The molecule has 0 fully saturated rings. The maximum Gasteiger partial charge on any atom is 0.342 e. The number of nitrogens with zero attached hydrogens (tertiary/aromatic N) is 1. The van der Waals surface area contributed by atoms with Gasteiger partial charge in [0.15, 0.2) is 0 Å². The molecule has 0 heterocycles. The van der Waals surface area contributed by atoms with E-state index in [0.29, 0.717) is 35.5 Å². The minimum absolute atomic E-state index is 0.294. The van der Waals surface area contributed by atoms with Crippen molar-refractivity contribution in [1.29, 1.82) is 5.26 Å². The van der Waals surface area contributed by atoms with Crippen LogP contribution in [0.4, 0.5) is 0 Å². The van der Waals surface area contributed by atoms with Crippen LogP contribution in [0.5, 0.6) is 5.75 Å². The second-order valence-electron chi connectivity index (χ2n) is 3.35. The topological polar surface area (TPSA) is 59.3 Å². The van der Waals surface area contributed by atoms with Gasteiger partial charge in [0.05, 0.1) is 25.3 Å². The molecule has 0 saturated carbocycles. The minimum atomic E-state index is -0.446. The fraction of sp³-hybridized carbons (Fsp3) is 0.385. The number of methoxy groups -OCH3 is 1. The third-order valence-corrected chi connectivity index (χ3v) is 2.45. The van der Waals surface area contributed by atoms with Crippen molar-refractivity contribution in [1.82, 2.24) is 0 Å².